The first-order valence-corrected chi connectivity index (χ1v) is 8.06. The molecule has 1 aromatic carbocycles. The fraction of sp³-hybridized carbons (Fsp3) is 0.467. The lowest BCUT2D eigenvalue weighted by Crippen LogP contribution is -2.48. The molecule has 1 aliphatic heterocycles. The Kier molecular flexibility index (Phi) is 5.12. The zero-order chi connectivity index (χ0) is 15.4. The minimum Gasteiger partial charge on any atom is -0.478 e. The number of hydrogen-bond donors (Lipinski definition) is 1. The molecule has 0 bridgehead atoms. The van der Waals surface area contributed by atoms with Gasteiger partial charge in [-0.25, -0.2) is 9.59 Å². The standard InChI is InChI=1S/C15H20N2O3S/c1-3-11-10-17(8-9-21-11)15(20)16(2)13-7-5-4-6-12(13)14(18)19/h4-7,11H,3,8-10H2,1-2H3,(H,18,19). The summed E-state index contributed by atoms with van der Waals surface area (Å²) in [4.78, 5) is 27.1. The summed E-state index contributed by atoms with van der Waals surface area (Å²) in [5.74, 6) is -0.0931. The monoisotopic (exact) mass is 308 g/mol. The van der Waals surface area contributed by atoms with Gasteiger partial charge >= 0.3 is 12.0 Å². The first-order chi connectivity index (χ1) is 10.0. The van der Waals surface area contributed by atoms with Crippen molar-refractivity contribution in [3.8, 4) is 0 Å². The van der Waals surface area contributed by atoms with Crippen LogP contribution >= 0.6 is 11.8 Å². The number of thioether (sulfide) groups is 1. The maximum absolute atomic E-state index is 12.6. The summed E-state index contributed by atoms with van der Waals surface area (Å²) in [6, 6.07) is 6.45. The van der Waals surface area contributed by atoms with Gasteiger partial charge in [0.05, 0.1) is 11.3 Å². The first kappa shape index (κ1) is 15.7. The maximum atomic E-state index is 12.6. The normalized spacial score (nSPS) is 18.4. The molecule has 1 heterocycles. The molecule has 1 atom stereocenters. The number of carboxylic acid groups (broad SMARTS) is 1. The Morgan fingerprint density at radius 2 is 2.14 bits per heavy atom. The fourth-order valence-corrected chi connectivity index (χ4v) is 3.58. The molecule has 0 radical (unpaired) electrons. The van der Waals surface area contributed by atoms with Crippen LogP contribution in [0.4, 0.5) is 10.5 Å². The molecule has 1 aliphatic rings. The quantitative estimate of drug-likeness (QED) is 0.932. The van der Waals surface area contributed by atoms with E-state index in [1.807, 2.05) is 16.7 Å². The highest BCUT2D eigenvalue weighted by atomic mass is 32.2. The van der Waals surface area contributed by atoms with Crippen LogP contribution in [-0.2, 0) is 0 Å². The number of para-hydroxylation sites is 1. The Hall–Kier alpha value is -1.69. The van der Waals surface area contributed by atoms with Crippen molar-refractivity contribution in [1.82, 2.24) is 4.90 Å². The van der Waals surface area contributed by atoms with Crippen LogP contribution < -0.4 is 4.90 Å². The molecule has 0 spiro atoms. The van der Waals surface area contributed by atoms with Crippen LogP contribution in [0.2, 0.25) is 0 Å². The zero-order valence-electron chi connectivity index (χ0n) is 12.3. The van der Waals surface area contributed by atoms with Crippen LogP contribution in [0.5, 0.6) is 0 Å². The Labute approximate surface area is 128 Å². The summed E-state index contributed by atoms with van der Waals surface area (Å²) in [5, 5.41) is 9.70. The van der Waals surface area contributed by atoms with E-state index in [0.29, 0.717) is 17.5 Å². The lowest BCUT2D eigenvalue weighted by molar-refractivity contribution is 0.0697. The van der Waals surface area contributed by atoms with E-state index in [2.05, 4.69) is 6.92 Å². The van der Waals surface area contributed by atoms with Gasteiger partial charge in [0.15, 0.2) is 0 Å². The molecular weight excluding hydrogens is 288 g/mol. The molecule has 1 fully saturated rings. The topological polar surface area (TPSA) is 60.9 Å². The third-order valence-corrected chi connectivity index (χ3v) is 5.02. The molecule has 114 valence electrons. The third-order valence-electron chi connectivity index (χ3n) is 3.65. The highest BCUT2D eigenvalue weighted by Gasteiger charge is 2.27. The average molecular weight is 308 g/mol. The zero-order valence-corrected chi connectivity index (χ0v) is 13.1. The van der Waals surface area contributed by atoms with Crippen molar-refractivity contribution in [2.24, 2.45) is 0 Å². The van der Waals surface area contributed by atoms with Crippen LogP contribution in [0.1, 0.15) is 23.7 Å². The molecule has 1 saturated heterocycles. The second-order valence-electron chi connectivity index (χ2n) is 5.01. The second-order valence-corrected chi connectivity index (χ2v) is 6.42. The molecule has 5 nitrogen and oxygen atoms in total. The van der Waals surface area contributed by atoms with Crippen LogP contribution in [0, 0.1) is 0 Å². The van der Waals surface area contributed by atoms with E-state index >= 15 is 0 Å². The Bertz CT molecular complexity index is 535. The van der Waals surface area contributed by atoms with Crippen molar-refractivity contribution in [2.45, 2.75) is 18.6 Å². The highest BCUT2D eigenvalue weighted by Crippen LogP contribution is 2.24. The Morgan fingerprint density at radius 1 is 1.43 bits per heavy atom. The third kappa shape index (κ3) is 3.50. The van der Waals surface area contributed by atoms with E-state index in [1.54, 1.807) is 25.2 Å². The molecule has 1 aromatic rings. The molecule has 1 N–H and O–H groups in total. The van der Waals surface area contributed by atoms with Crippen molar-refractivity contribution < 1.29 is 14.7 Å². The number of benzene rings is 1. The van der Waals surface area contributed by atoms with Gasteiger partial charge in [0.1, 0.15) is 0 Å². The second kappa shape index (κ2) is 6.85. The first-order valence-electron chi connectivity index (χ1n) is 7.01. The molecule has 2 rings (SSSR count). The summed E-state index contributed by atoms with van der Waals surface area (Å²) in [6.45, 7) is 3.55. The Morgan fingerprint density at radius 3 is 2.81 bits per heavy atom. The summed E-state index contributed by atoms with van der Waals surface area (Å²) < 4.78 is 0. The van der Waals surface area contributed by atoms with Gasteiger partial charge in [0, 0.05) is 31.1 Å². The van der Waals surface area contributed by atoms with Crippen LogP contribution in [0.3, 0.4) is 0 Å². The number of hydrogen-bond acceptors (Lipinski definition) is 3. The van der Waals surface area contributed by atoms with E-state index in [1.165, 1.54) is 11.0 Å². The van der Waals surface area contributed by atoms with Crippen molar-refractivity contribution in [2.75, 3.05) is 30.8 Å². The van der Waals surface area contributed by atoms with E-state index in [-0.39, 0.29) is 11.6 Å². The number of amides is 2. The number of urea groups is 1. The minimum atomic E-state index is -1.02. The molecule has 6 heteroatoms. The molecular formula is C15H20N2O3S. The summed E-state index contributed by atoms with van der Waals surface area (Å²) >= 11 is 1.89. The smallest absolute Gasteiger partial charge is 0.337 e. The number of carbonyl (C=O) groups excluding carboxylic acids is 1. The lowest BCUT2D eigenvalue weighted by Gasteiger charge is -2.35. The summed E-state index contributed by atoms with van der Waals surface area (Å²) in [5.41, 5.74) is 0.577. The molecule has 2 amide bonds. The summed E-state index contributed by atoms with van der Waals surface area (Å²) in [7, 11) is 1.63. The fourth-order valence-electron chi connectivity index (χ4n) is 2.40. The molecule has 0 saturated carbocycles. The van der Waals surface area contributed by atoms with Crippen molar-refractivity contribution in [3.63, 3.8) is 0 Å². The van der Waals surface area contributed by atoms with Crippen LogP contribution in [-0.4, -0.2) is 53.1 Å². The van der Waals surface area contributed by atoms with Gasteiger partial charge in [0.25, 0.3) is 0 Å². The van der Waals surface area contributed by atoms with Crippen LogP contribution in [0.15, 0.2) is 24.3 Å². The number of carboxylic acids is 1. The number of aromatic carboxylic acids is 1. The molecule has 0 aliphatic carbocycles. The van der Waals surface area contributed by atoms with Gasteiger partial charge in [-0.1, -0.05) is 19.1 Å². The average Bonchev–Trinajstić information content (AvgIpc) is 2.53. The van der Waals surface area contributed by atoms with Crippen molar-refractivity contribution in [1.29, 1.82) is 0 Å². The van der Waals surface area contributed by atoms with Gasteiger partial charge in [0.2, 0.25) is 0 Å². The van der Waals surface area contributed by atoms with E-state index in [4.69, 9.17) is 0 Å². The Balaban J connectivity index is 2.18. The van der Waals surface area contributed by atoms with Crippen molar-refractivity contribution >= 4 is 29.4 Å². The number of anilines is 1. The maximum Gasteiger partial charge on any atom is 0.337 e. The highest BCUT2D eigenvalue weighted by molar-refractivity contribution is 8.00. The van der Waals surface area contributed by atoms with E-state index < -0.39 is 5.97 Å². The van der Waals surface area contributed by atoms with Gasteiger partial charge in [-0.15, -0.1) is 0 Å². The van der Waals surface area contributed by atoms with Gasteiger partial charge < -0.3 is 10.0 Å². The van der Waals surface area contributed by atoms with E-state index in [9.17, 15) is 14.7 Å². The number of nitrogens with zero attached hydrogens (tertiary/aromatic N) is 2. The largest absolute Gasteiger partial charge is 0.478 e. The number of carbonyl (C=O) groups is 2. The van der Waals surface area contributed by atoms with Gasteiger partial charge in [-0.05, 0) is 18.6 Å². The molecule has 21 heavy (non-hydrogen) atoms. The van der Waals surface area contributed by atoms with Gasteiger partial charge in [-0.2, -0.15) is 11.8 Å². The predicted molar refractivity (Wildman–Crippen MR) is 85.3 cm³/mol. The summed E-state index contributed by atoms with van der Waals surface area (Å²) in [6.07, 6.45) is 1.03. The van der Waals surface area contributed by atoms with E-state index in [0.717, 1.165) is 18.7 Å². The molecule has 0 aromatic heterocycles. The number of rotatable bonds is 3. The SMILES string of the molecule is CCC1CN(C(=O)N(C)c2ccccc2C(=O)O)CCS1. The van der Waals surface area contributed by atoms with Gasteiger partial charge in [-0.3, -0.25) is 4.90 Å². The lowest BCUT2D eigenvalue weighted by atomic mass is 10.1. The predicted octanol–water partition coefficient (Wildman–Crippen LogP) is 2.77. The van der Waals surface area contributed by atoms with Crippen molar-refractivity contribution in [3.05, 3.63) is 29.8 Å². The van der Waals surface area contributed by atoms with Crippen LogP contribution in [0.25, 0.3) is 0 Å². The molecule has 1 unspecified atom stereocenters. The minimum absolute atomic E-state index is 0.137.